The van der Waals surface area contributed by atoms with Crippen molar-refractivity contribution in [1.82, 2.24) is 4.31 Å². The standard InChI is InChI=1S/C19H20FNO2S/c1-4-19(17-8-6-5-7-9-17)21(14-16(3)20)24(22,23)18-12-10-15(2)11-13-18/h4-13,19H,1,3,14H2,2H3. The predicted molar refractivity (Wildman–Crippen MR) is 94.7 cm³/mol. The second kappa shape index (κ2) is 7.55. The van der Waals surface area contributed by atoms with Crippen molar-refractivity contribution in [3.05, 3.63) is 90.8 Å². The van der Waals surface area contributed by atoms with Crippen LogP contribution in [-0.4, -0.2) is 19.3 Å². The van der Waals surface area contributed by atoms with Gasteiger partial charge >= 0.3 is 0 Å². The molecule has 0 bridgehead atoms. The van der Waals surface area contributed by atoms with Crippen molar-refractivity contribution in [1.29, 1.82) is 0 Å². The highest BCUT2D eigenvalue weighted by atomic mass is 32.2. The van der Waals surface area contributed by atoms with Crippen LogP contribution in [0.3, 0.4) is 0 Å². The lowest BCUT2D eigenvalue weighted by Gasteiger charge is -2.28. The number of nitrogens with zero attached hydrogens (tertiary/aromatic N) is 1. The van der Waals surface area contributed by atoms with Crippen molar-refractivity contribution in [2.24, 2.45) is 0 Å². The molecule has 3 nitrogen and oxygen atoms in total. The minimum Gasteiger partial charge on any atom is -0.211 e. The van der Waals surface area contributed by atoms with Gasteiger partial charge in [-0.05, 0) is 24.6 Å². The van der Waals surface area contributed by atoms with Crippen LogP contribution in [0, 0.1) is 6.92 Å². The van der Waals surface area contributed by atoms with Crippen LogP contribution in [0.15, 0.2) is 84.6 Å². The van der Waals surface area contributed by atoms with E-state index in [9.17, 15) is 12.8 Å². The van der Waals surface area contributed by atoms with Crippen LogP contribution in [0.1, 0.15) is 17.2 Å². The molecule has 24 heavy (non-hydrogen) atoms. The molecule has 0 N–H and O–H groups in total. The Bertz CT molecular complexity index is 814. The van der Waals surface area contributed by atoms with Crippen molar-refractivity contribution >= 4 is 10.0 Å². The summed E-state index contributed by atoms with van der Waals surface area (Å²) in [6.45, 7) is 8.39. The number of hydrogen-bond donors (Lipinski definition) is 0. The largest absolute Gasteiger partial charge is 0.244 e. The first kappa shape index (κ1) is 18.1. The minimum absolute atomic E-state index is 0.108. The number of hydrogen-bond acceptors (Lipinski definition) is 2. The average Bonchev–Trinajstić information content (AvgIpc) is 2.55. The summed E-state index contributed by atoms with van der Waals surface area (Å²) in [6, 6.07) is 14.8. The molecule has 0 heterocycles. The monoisotopic (exact) mass is 345 g/mol. The molecule has 0 spiro atoms. The average molecular weight is 345 g/mol. The Morgan fingerprint density at radius 3 is 2.25 bits per heavy atom. The van der Waals surface area contributed by atoms with Crippen LogP contribution < -0.4 is 0 Å². The molecule has 0 aliphatic carbocycles. The van der Waals surface area contributed by atoms with E-state index in [0.29, 0.717) is 5.56 Å². The molecule has 0 amide bonds. The first-order valence-electron chi connectivity index (χ1n) is 7.45. The van der Waals surface area contributed by atoms with Gasteiger partial charge in [-0.25, -0.2) is 12.8 Å². The number of sulfonamides is 1. The molecule has 0 aliphatic rings. The minimum atomic E-state index is -3.91. The summed E-state index contributed by atoms with van der Waals surface area (Å²) >= 11 is 0. The number of benzene rings is 2. The maximum Gasteiger partial charge on any atom is 0.244 e. The Morgan fingerprint density at radius 1 is 1.17 bits per heavy atom. The highest BCUT2D eigenvalue weighted by molar-refractivity contribution is 7.89. The van der Waals surface area contributed by atoms with E-state index < -0.39 is 28.4 Å². The van der Waals surface area contributed by atoms with E-state index in [2.05, 4.69) is 13.2 Å². The molecule has 0 fully saturated rings. The zero-order chi connectivity index (χ0) is 17.7. The molecule has 2 aromatic rings. The molecular formula is C19H20FNO2S. The van der Waals surface area contributed by atoms with E-state index in [4.69, 9.17) is 0 Å². The van der Waals surface area contributed by atoms with Gasteiger partial charge in [-0.2, -0.15) is 4.31 Å². The predicted octanol–water partition coefficient (Wildman–Crippen LogP) is 4.40. The quantitative estimate of drug-likeness (QED) is 0.698. The summed E-state index contributed by atoms with van der Waals surface area (Å²) in [5.41, 5.74) is 1.66. The van der Waals surface area contributed by atoms with Crippen molar-refractivity contribution < 1.29 is 12.8 Å². The van der Waals surface area contributed by atoms with E-state index in [1.165, 1.54) is 18.2 Å². The normalized spacial score (nSPS) is 12.8. The highest BCUT2D eigenvalue weighted by Crippen LogP contribution is 2.29. The zero-order valence-electron chi connectivity index (χ0n) is 13.5. The first-order chi connectivity index (χ1) is 11.4. The lowest BCUT2D eigenvalue weighted by Crippen LogP contribution is -2.35. The molecule has 1 atom stereocenters. The third kappa shape index (κ3) is 3.99. The maximum atomic E-state index is 13.5. The van der Waals surface area contributed by atoms with Crippen molar-refractivity contribution in [3.8, 4) is 0 Å². The van der Waals surface area contributed by atoms with Gasteiger partial charge in [0.25, 0.3) is 0 Å². The summed E-state index contributed by atoms with van der Waals surface area (Å²) in [7, 11) is -3.91. The van der Waals surface area contributed by atoms with Gasteiger partial charge in [0.1, 0.15) is 5.83 Å². The van der Waals surface area contributed by atoms with Gasteiger partial charge in [-0.1, -0.05) is 60.7 Å². The molecule has 0 saturated heterocycles. The van der Waals surface area contributed by atoms with E-state index in [1.807, 2.05) is 13.0 Å². The summed E-state index contributed by atoms with van der Waals surface area (Å²) < 4.78 is 40.7. The van der Waals surface area contributed by atoms with Crippen LogP contribution in [0.2, 0.25) is 0 Å². The van der Waals surface area contributed by atoms with Gasteiger partial charge in [0, 0.05) is 0 Å². The van der Waals surface area contributed by atoms with E-state index in [-0.39, 0.29) is 4.90 Å². The van der Waals surface area contributed by atoms with Crippen LogP contribution >= 0.6 is 0 Å². The van der Waals surface area contributed by atoms with Crippen molar-refractivity contribution in [3.63, 3.8) is 0 Å². The van der Waals surface area contributed by atoms with E-state index in [1.54, 1.807) is 36.4 Å². The van der Waals surface area contributed by atoms with Crippen LogP contribution in [0.25, 0.3) is 0 Å². The zero-order valence-corrected chi connectivity index (χ0v) is 14.3. The van der Waals surface area contributed by atoms with Gasteiger partial charge in [0.2, 0.25) is 10.0 Å². The third-order valence-electron chi connectivity index (χ3n) is 3.63. The number of halogens is 1. The van der Waals surface area contributed by atoms with E-state index >= 15 is 0 Å². The van der Waals surface area contributed by atoms with Crippen LogP contribution in [0.4, 0.5) is 4.39 Å². The molecule has 0 aromatic heterocycles. The lowest BCUT2D eigenvalue weighted by atomic mass is 10.1. The molecule has 5 heteroatoms. The SMILES string of the molecule is C=CC(c1ccccc1)N(CC(=C)F)S(=O)(=O)c1ccc(C)cc1. The summed E-state index contributed by atoms with van der Waals surface area (Å²) in [5, 5.41) is 0. The second-order valence-corrected chi connectivity index (χ2v) is 7.36. The second-order valence-electron chi connectivity index (χ2n) is 5.47. The van der Waals surface area contributed by atoms with Gasteiger partial charge in [0.15, 0.2) is 0 Å². The first-order valence-corrected chi connectivity index (χ1v) is 8.89. The molecule has 126 valence electrons. The fourth-order valence-corrected chi connectivity index (χ4v) is 3.99. The van der Waals surface area contributed by atoms with E-state index in [0.717, 1.165) is 9.87 Å². The molecule has 2 aromatic carbocycles. The Morgan fingerprint density at radius 2 is 1.75 bits per heavy atom. The smallest absolute Gasteiger partial charge is 0.211 e. The Balaban J connectivity index is 2.52. The lowest BCUT2D eigenvalue weighted by molar-refractivity contribution is 0.366. The van der Waals surface area contributed by atoms with Crippen LogP contribution in [0.5, 0.6) is 0 Å². The molecule has 0 aliphatic heterocycles. The van der Waals surface area contributed by atoms with Crippen LogP contribution in [-0.2, 0) is 10.0 Å². The van der Waals surface area contributed by atoms with Crippen molar-refractivity contribution in [2.75, 3.05) is 6.54 Å². The molecule has 2 rings (SSSR count). The van der Waals surface area contributed by atoms with Gasteiger partial charge in [-0.3, -0.25) is 0 Å². The summed E-state index contributed by atoms with van der Waals surface area (Å²) in [6.07, 6.45) is 1.49. The molecule has 1 unspecified atom stereocenters. The van der Waals surface area contributed by atoms with Gasteiger partial charge in [0.05, 0.1) is 17.5 Å². The third-order valence-corrected chi connectivity index (χ3v) is 5.47. The fraction of sp³-hybridized carbons (Fsp3) is 0.158. The molecular weight excluding hydrogens is 325 g/mol. The molecule has 0 saturated carbocycles. The highest BCUT2D eigenvalue weighted by Gasteiger charge is 2.31. The topological polar surface area (TPSA) is 37.4 Å². The fourth-order valence-electron chi connectivity index (χ4n) is 2.42. The Hall–Kier alpha value is -2.24. The maximum absolute atomic E-state index is 13.5. The Kier molecular flexibility index (Phi) is 5.70. The number of rotatable bonds is 7. The number of aryl methyl sites for hydroxylation is 1. The van der Waals surface area contributed by atoms with Gasteiger partial charge < -0.3 is 0 Å². The van der Waals surface area contributed by atoms with Gasteiger partial charge in [-0.15, -0.1) is 6.58 Å². The summed E-state index contributed by atoms with van der Waals surface area (Å²) in [4.78, 5) is 0.108. The molecule has 0 radical (unpaired) electrons. The summed E-state index contributed by atoms with van der Waals surface area (Å²) in [5.74, 6) is -0.728. The van der Waals surface area contributed by atoms with Crippen molar-refractivity contribution in [2.45, 2.75) is 17.9 Å². The Labute approximate surface area is 142 Å².